The molecular weight excluding hydrogens is 454 g/mol. The fourth-order valence-electron chi connectivity index (χ4n) is 6.77. The number of benzene rings is 1. The second-order valence-electron chi connectivity index (χ2n) is 10.4. The number of nitrogens with zero attached hydrogens (tertiary/aromatic N) is 1. The lowest BCUT2D eigenvalue weighted by Gasteiger charge is -2.47. The Hall–Kier alpha value is -3.31. The molecule has 7 rings (SSSR count). The summed E-state index contributed by atoms with van der Waals surface area (Å²) in [5, 5.41) is 8.82. The van der Waals surface area contributed by atoms with E-state index in [1.807, 2.05) is 0 Å². The van der Waals surface area contributed by atoms with Crippen LogP contribution in [0, 0.1) is 5.41 Å². The molecule has 5 N–H and O–H groups in total. The lowest BCUT2D eigenvalue weighted by atomic mass is 9.53. The highest BCUT2D eigenvalue weighted by Crippen LogP contribution is 2.68. The molecule has 35 heavy (non-hydrogen) atoms. The molecule has 5 heterocycles. The third kappa shape index (κ3) is 3.00. The lowest BCUT2D eigenvalue weighted by Crippen LogP contribution is -2.60. The number of piperidine rings is 2. The summed E-state index contributed by atoms with van der Waals surface area (Å²) in [5.74, 6) is -2.44. The van der Waals surface area contributed by atoms with Crippen molar-refractivity contribution in [3.05, 3.63) is 29.3 Å². The number of carbonyl (C=O) groups excluding carboxylic acids is 5. The van der Waals surface area contributed by atoms with Crippen LogP contribution in [0.5, 0.6) is 0 Å². The van der Waals surface area contributed by atoms with Gasteiger partial charge in [0.1, 0.15) is 6.04 Å². The molecule has 5 fully saturated rings. The minimum Gasteiger partial charge on any atom is -0.382 e. The van der Waals surface area contributed by atoms with Crippen molar-refractivity contribution in [2.75, 3.05) is 25.0 Å². The molecular formula is C24H27N5O6. The number of nitrogens with one attached hydrogen (secondary N) is 3. The maximum Gasteiger partial charge on any atom is 0.262 e. The van der Waals surface area contributed by atoms with Gasteiger partial charge in [0, 0.05) is 18.7 Å². The third-order valence-electron chi connectivity index (χ3n) is 8.47. The average molecular weight is 482 g/mol. The Balaban J connectivity index is 1.18. The number of ether oxygens (including phenoxy) is 1. The lowest BCUT2D eigenvalue weighted by molar-refractivity contribution is -0.138. The molecule has 6 aliphatic rings. The van der Waals surface area contributed by atoms with E-state index in [1.165, 1.54) is 0 Å². The van der Waals surface area contributed by atoms with Crippen molar-refractivity contribution in [3.8, 4) is 0 Å². The zero-order valence-electron chi connectivity index (χ0n) is 19.1. The Kier molecular flexibility index (Phi) is 4.65. The van der Waals surface area contributed by atoms with Gasteiger partial charge in [0.05, 0.1) is 27.7 Å². The van der Waals surface area contributed by atoms with Gasteiger partial charge >= 0.3 is 0 Å². The van der Waals surface area contributed by atoms with E-state index in [4.69, 9.17) is 10.5 Å². The highest BCUT2D eigenvalue weighted by molar-refractivity contribution is 6.23. The summed E-state index contributed by atoms with van der Waals surface area (Å²) in [7, 11) is 0. The van der Waals surface area contributed by atoms with Gasteiger partial charge in [-0.1, -0.05) is 0 Å². The molecule has 1 aliphatic carbocycles. The summed E-state index contributed by atoms with van der Waals surface area (Å²) in [4.78, 5) is 63.0. The van der Waals surface area contributed by atoms with Gasteiger partial charge in [-0.15, -0.1) is 0 Å². The number of imide groups is 2. The van der Waals surface area contributed by atoms with Crippen molar-refractivity contribution in [1.82, 2.24) is 15.5 Å². The number of rotatable bonds is 5. The number of hydrogen-bond donors (Lipinski definition) is 4. The van der Waals surface area contributed by atoms with E-state index in [9.17, 15) is 24.0 Å². The number of carbonyl (C=O) groups is 5. The van der Waals surface area contributed by atoms with Crippen molar-refractivity contribution < 1.29 is 28.7 Å². The second-order valence-corrected chi connectivity index (χ2v) is 10.4. The van der Waals surface area contributed by atoms with E-state index in [1.54, 1.807) is 18.2 Å². The maximum absolute atomic E-state index is 13.1. The fourth-order valence-corrected chi connectivity index (χ4v) is 6.77. The Morgan fingerprint density at radius 1 is 1.11 bits per heavy atom. The molecule has 0 aromatic heterocycles. The molecule has 184 valence electrons. The standard InChI is InChI=1S/C24H27N5O6/c25-21(34)23-10-22(11-23,35-24(23)5-7-26-8-6-24)12-27-13-1-2-14-15(9-13)20(33)29(19(14)32)16-3-4-17(30)28-18(16)31/h1-2,9,16,26-27H,3-8,10-12H2,(H2,25,34)(H,28,30,31). The van der Waals surface area contributed by atoms with Crippen LogP contribution in [-0.2, 0) is 19.1 Å². The fraction of sp³-hybridized carbons (Fsp3) is 0.542. The van der Waals surface area contributed by atoms with Crippen LogP contribution in [0.1, 0.15) is 59.2 Å². The predicted molar refractivity (Wildman–Crippen MR) is 121 cm³/mol. The van der Waals surface area contributed by atoms with E-state index in [2.05, 4.69) is 16.0 Å². The van der Waals surface area contributed by atoms with E-state index in [-0.39, 0.29) is 29.9 Å². The topological polar surface area (TPSA) is 160 Å². The first kappa shape index (κ1) is 22.2. The summed E-state index contributed by atoms with van der Waals surface area (Å²) < 4.78 is 6.58. The van der Waals surface area contributed by atoms with Crippen LogP contribution in [0.2, 0.25) is 0 Å². The molecule has 1 aromatic rings. The van der Waals surface area contributed by atoms with E-state index in [0.717, 1.165) is 30.8 Å². The molecule has 1 unspecified atom stereocenters. The van der Waals surface area contributed by atoms with Gasteiger partial charge in [-0.3, -0.25) is 34.2 Å². The Morgan fingerprint density at radius 3 is 2.51 bits per heavy atom. The smallest absolute Gasteiger partial charge is 0.262 e. The van der Waals surface area contributed by atoms with Crippen molar-refractivity contribution >= 4 is 35.2 Å². The molecule has 11 heteroatoms. The number of amides is 5. The van der Waals surface area contributed by atoms with Gasteiger partial charge in [-0.05, 0) is 63.4 Å². The molecule has 2 bridgehead atoms. The first-order valence-electron chi connectivity index (χ1n) is 12.0. The number of anilines is 1. The van der Waals surface area contributed by atoms with Gasteiger partial charge in [0.2, 0.25) is 17.7 Å². The van der Waals surface area contributed by atoms with Crippen LogP contribution < -0.4 is 21.7 Å². The molecule has 11 nitrogen and oxygen atoms in total. The van der Waals surface area contributed by atoms with Crippen molar-refractivity contribution in [3.63, 3.8) is 0 Å². The molecule has 0 radical (unpaired) electrons. The Labute approximate surface area is 201 Å². The molecule has 4 saturated heterocycles. The zero-order chi connectivity index (χ0) is 24.6. The van der Waals surface area contributed by atoms with Gasteiger partial charge in [-0.25, -0.2) is 0 Å². The summed E-state index contributed by atoms with van der Waals surface area (Å²) in [6.07, 6.45) is 2.79. The van der Waals surface area contributed by atoms with Crippen molar-refractivity contribution in [2.24, 2.45) is 11.1 Å². The highest BCUT2D eigenvalue weighted by atomic mass is 16.5. The van der Waals surface area contributed by atoms with E-state index in [0.29, 0.717) is 25.1 Å². The number of primary amides is 1. The third-order valence-corrected chi connectivity index (χ3v) is 8.47. The highest BCUT2D eigenvalue weighted by Gasteiger charge is 2.77. The molecule has 5 amide bonds. The van der Waals surface area contributed by atoms with Crippen molar-refractivity contribution in [1.29, 1.82) is 0 Å². The molecule has 1 aromatic carbocycles. The van der Waals surface area contributed by atoms with Crippen LogP contribution in [0.25, 0.3) is 0 Å². The summed E-state index contributed by atoms with van der Waals surface area (Å²) in [6.45, 7) is 2.00. The van der Waals surface area contributed by atoms with Gasteiger partial charge in [0.15, 0.2) is 0 Å². The first-order chi connectivity index (χ1) is 16.7. The summed E-state index contributed by atoms with van der Waals surface area (Å²) in [6, 6.07) is 3.89. The largest absolute Gasteiger partial charge is 0.382 e. The number of nitrogens with two attached hydrogens (primary N) is 1. The number of hydrogen-bond acceptors (Lipinski definition) is 8. The second kappa shape index (κ2) is 7.34. The van der Waals surface area contributed by atoms with Crippen LogP contribution >= 0.6 is 0 Å². The summed E-state index contributed by atoms with van der Waals surface area (Å²) in [5.41, 5.74) is 5.23. The zero-order valence-corrected chi connectivity index (χ0v) is 19.1. The monoisotopic (exact) mass is 481 g/mol. The molecule has 1 saturated carbocycles. The van der Waals surface area contributed by atoms with Gasteiger partial charge in [0.25, 0.3) is 11.8 Å². The minimum atomic E-state index is -1.000. The number of fused-ring (bicyclic) bond motifs is 1. The Morgan fingerprint density at radius 2 is 1.83 bits per heavy atom. The molecule has 1 atom stereocenters. The normalized spacial score (nSPS) is 32.9. The first-order valence-corrected chi connectivity index (χ1v) is 12.0. The minimum absolute atomic E-state index is 0.0725. The van der Waals surface area contributed by atoms with Crippen LogP contribution in [-0.4, -0.2) is 71.3 Å². The average Bonchev–Trinajstić information content (AvgIpc) is 3.33. The molecule has 5 aliphatic heterocycles. The van der Waals surface area contributed by atoms with E-state index >= 15 is 0 Å². The quantitative estimate of drug-likeness (QED) is 0.416. The van der Waals surface area contributed by atoms with Gasteiger partial charge in [-0.2, -0.15) is 0 Å². The van der Waals surface area contributed by atoms with Gasteiger partial charge < -0.3 is 21.1 Å². The predicted octanol–water partition coefficient (Wildman–Crippen LogP) is -0.344. The SMILES string of the molecule is NC(=O)C12CC(CNc3ccc4c(c3)C(=O)N(C3CCC(=O)NC3=O)C4=O)(C1)OC21CCNCC1. The van der Waals surface area contributed by atoms with Crippen molar-refractivity contribution in [2.45, 2.75) is 55.8 Å². The van der Waals surface area contributed by atoms with Crippen LogP contribution in [0.3, 0.4) is 0 Å². The van der Waals surface area contributed by atoms with Crippen LogP contribution in [0.4, 0.5) is 5.69 Å². The molecule has 1 spiro atoms. The van der Waals surface area contributed by atoms with Crippen LogP contribution in [0.15, 0.2) is 18.2 Å². The van der Waals surface area contributed by atoms with E-state index < -0.39 is 46.3 Å². The Bertz CT molecular complexity index is 1180. The summed E-state index contributed by atoms with van der Waals surface area (Å²) >= 11 is 0. The maximum atomic E-state index is 13.1.